The summed E-state index contributed by atoms with van der Waals surface area (Å²) < 4.78 is 4.71. The lowest BCUT2D eigenvalue weighted by Crippen LogP contribution is -2.16. The van der Waals surface area contributed by atoms with Crippen LogP contribution in [0.1, 0.15) is 10.4 Å². The highest BCUT2D eigenvalue weighted by Gasteiger charge is 2.30. The first-order valence-corrected chi connectivity index (χ1v) is 3.25. The average Bonchev–Trinajstić information content (AvgIpc) is 2.30. The van der Waals surface area contributed by atoms with Crippen LogP contribution >= 0.6 is 0 Å². The van der Waals surface area contributed by atoms with Gasteiger partial charge in [-0.2, -0.15) is 5.11 Å². The summed E-state index contributed by atoms with van der Waals surface area (Å²) in [5.74, 6) is -0.0712. The van der Waals surface area contributed by atoms with E-state index in [0.717, 1.165) is 0 Å². The molecule has 1 aliphatic rings. The van der Waals surface area contributed by atoms with E-state index in [9.17, 15) is 9.90 Å². The third kappa shape index (κ3) is 0.816. The molecule has 0 saturated heterocycles. The van der Waals surface area contributed by atoms with Crippen molar-refractivity contribution in [3.8, 4) is 5.75 Å². The van der Waals surface area contributed by atoms with Crippen LogP contribution in [-0.4, -0.2) is 12.1 Å². The summed E-state index contributed by atoms with van der Waals surface area (Å²) in [6.45, 7) is 0. The lowest BCUT2D eigenvalue weighted by Gasteiger charge is -1.95. The van der Waals surface area contributed by atoms with Gasteiger partial charge in [-0.3, -0.25) is 4.79 Å². The highest BCUT2D eigenvalue weighted by atomic mass is 16.6. The predicted octanol–water partition coefficient (Wildman–Crippen LogP) is 1.02. The fourth-order valence-corrected chi connectivity index (χ4v) is 1.07. The first kappa shape index (κ1) is 6.37. The van der Waals surface area contributed by atoms with E-state index in [1.807, 2.05) is 0 Å². The monoisotopic (exact) mass is 149 g/mol. The zero-order valence-electron chi connectivity index (χ0n) is 5.61. The normalized spacial score (nSPS) is 21.2. The van der Waals surface area contributed by atoms with E-state index in [1.54, 1.807) is 24.3 Å². The van der Waals surface area contributed by atoms with Gasteiger partial charge in [0.15, 0.2) is 0 Å². The second-order valence-electron chi connectivity index (χ2n) is 2.31. The summed E-state index contributed by atoms with van der Waals surface area (Å²) in [7, 11) is 0. The van der Waals surface area contributed by atoms with Gasteiger partial charge in [0, 0.05) is 0 Å². The molecule has 1 atom stereocenters. The maximum atomic E-state index is 11.0. The summed E-state index contributed by atoms with van der Waals surface area (Å²) in [4.78, 5) is 11.0. The SMILES string of the molecule is [O]C1Oc2ccccc2C1=O. The van der Waals surface area contributed by atoms with Gasteiger partial charge in [0.05, 0.1) is 5.56 Å². The third-order valence-electron chi connectivity index (χ3n) is 1.60. The molecule has 1 aliphatic heterocycles. The van der Waals surface area contributed by atoms with Crippen molar-refractivity contribution in [3.05, 3.63) is 29.8 Å². The van der Waals surface area contributed by atoms with Gasteiger partial charge in [0.25, 0.3) is 6.29 Å². The zero-order chi connectivity index (χ0) is 7.84. The quantitative estimate of drug-likeness (QED) is 0.552. The van der Waals surface area contributed by atoms with Gasteiger partial charge in [-0.25, -0.2) is 0 Å². The first-order chi connectivity index (χ1) is 5.29. The number of carbonyl (C=O) groups excluding carboxylic acids is 1. The molecule has 2 rings (SSSR count). The molecule has 0 amide bonds. The third-order valence-corrected chi connectivity index (χ3v) is 1.60. The van der Waals surface area contributed by atoms with Gasteiger partial charge in [-0.1, -0.05) is 12.1 Å². The molecule has 1 aromatic carbocycles. The first-order valence-electron chi connectivity index (χ1n) is 3.25. The number of hydrogen-bond acceptors (Lipinski definition) is 2. The Kier molecular flexibility index (Phi) is 1.20. The lowest BCUT2D eigenvalue weighted by molar-refractivity contribution is -0.0354. The Morgan fingerprint density at radius 1 is 1.27 bits per heavy atom. The van der Waals surface area contributed by atoms with Crippen molar-refractivity contribution >= 4 is 5.78 Å². The van der Waals surface area contributed by atoms with Crippen molar-refractivity contribution in [3.63, 3.8) is 0 Å². The molecule has 3 nitrogen and oxygen atoms in total. The van der Waals surface area contributed by atoms with Gasteiger partial charge in [0.2, 0.25) is 5.78 Å². The highest BCUT2D eigenvalue weighted by molar-refractivity contribution is 6.03. The summed E-state index contributed by atoms with van der Waals surface area (Å²) in [5.41, 5.74) is 0.396. The summed E-state index contributed by atoms with van der Waals surface area (Å²) >= 11 is 0. The molecule has 11 heavy (non-hydrogen) atoms. The Hall–Kier alpha value is -1.35. The number of hydrogen-bond donors (Lipinski definition) is 0. The van der Waals surface area contributed by atoms with Crippen LogP contribution in [0.4, 0.5) is 0 Å². The van der Waals surface area contributed by atoms with E-state index in [2.05, 4.69) is 0 Å². The largest absolute Gasteiger partial charge is 0.454 e. The van der Waals surface area contributed by atoms with Gasteiger partial charge in [-0.05, 0) is 12.1 Å². The van der Waals surface area contributed by atoms with E-state index < -0.39 is 12.1 Å². The number of fused-ring (bicyclic) bond motifs is 1. The fourth-order valence-electron chi connectivity index (χ4n) is 1.07. The molecule has 55 valence electrons. The highest BCUT2D eigenvalue weighted by Crippen LogP contribution is 2.26. The number of para-hydroxylation sites is 1. The summed E-state index contributed by atoms with van der Waals surface area (Å²) in [5, 5.41) is 10.7. The molecule has 0 aliphatic carbocycles. The van der Waals surface area contributed by atoms with Gasteiger partial charge >= 0.3 is 0 Å². The Balaban J connectivity index is 2.55. The summed E-state index contributed by atoms with van der Waals surface area (Å²) in [6, 6.07) is 6.64. The van der Waals surface area contributed by atoms with E-state index in [-0.39, 0.29) is 0 Å². The minimum absolute atomic E-state index is 0.396. The van der Waals surface area contributed by atoms with Crippen molar-refractivity contribution in [1.82, 2.24) is 0 Å². The van der Waals surface area contributed by atoms with Crippen molar-refractivity contribution in [2.45, 2.75) is 6.29 Å². The topological polar surface area (TPSA) is 46.2 Å². The molecule has 0 spiro atoms. The number of benzene rings is 1. The van der Waals surface area contributed by atoms with E-state index in [1.165, 1.54) is 0 Å². The van der Waals surface area contributed by atoms with E-state index in [4.69, 9.17) is 4.74 Å². The van der Waals surface area contributed by atoms with Crippen LogP contribution in [0.5, 0.6) is 5.75 Å². The van der Waals surface area contributed by atoms with Crippen LogP contribution in [0.3, 0.4) is 0 Å². The standard InChI is InChI=1S/C8H5O3/c9-7-5-3-1-2-4-6(5)11-8(7)10/h1-4,8H. The van der Waals surface area contributed by atoms with Crippen molar-refractivity contribution in [2.75, 3.05) is 0 Å². The van der Waals surface area contributed by atoms with Crippen LogP contribution in [0.25, 0.3) is 0 Å². The minimum atomic E-state index is -1.55. The molecule has 0 N–H and O–H groups in total. The minimum Gasteiger partial charge on any atom is -0.454 e. The van der Waals surface area contributed by atoms with Crippen LogP contribution < -0.4 is 4.74 Å². The van der Waals surface area contributed by atoms with Crippen molar-refractivity contribution in [1.29, 1.82) is 0 Å². The fraction of sp³-hybridized carbons (Fsp3) is 0.125. The maximum absolute atomic E-state index is 11.0. The number of carbonyl (C=O) groups is 1. The van der Waals surface area contributed by atoms with Crippen molar-refractivity contribution in [2.24, 2.45) is 0 Å². The molecule has 1 heterocycles. The van der Waals surface area contributed by atoms with E-state index in [0.29, 0.717) is 11.3 Å². The molecular weight excluding hydrogens is 144 g/mol. The van der Waals surface area contributed by atoms with Gasteiger partial charge in [0.1, 0.15) is 5.75 Å². The van der Waals surface area contributed by atoms with Crippen molar-refractivity contribution < 1.29 is 14.6 Å². The van der Waals surface area contributed by atoms with Crippen LogP contribution in [-0.2, 0) is 5.11 Å². The van der Waals surface area contributed by atoms with Crippen LogP contribution in [0.2, 0.25) is 0 Å². The van der Waals surface area contributed by atoms with Crippen LogP contribution in [0.15, 0.2) is 24.3 Å². The molecule has 0 aromatic heterocycles. The van der Waals surface area contributed by atoms with E-state index >= 15 is 0 Å². The number of ether oxygens (including phenoxy) is 1. The number of Topliss-reactive ketones (excluding diaryl/α,β-unsaturated/α-hetero) is 1. The molecular formula is C8H5O3. The second-order valence-corrected chi connectivity index (χ2v) is 2.31. The summed E-state index contributed by atoms with van der Waals surface area (Å²) in [6.07, 6.45) is -1.55. The predicted molar refractivity (Wildman–Crippen MR) is 35.9 cm³/mol. The Morgan fingerprint density at radius 3 is 2.73 bits per heavy atom. The second kappa shape index (κ2) is 2.07. The molecule has 1 unspecified atom stereocenters. The lowest BCUT2D eigenvalue weighted by atomic mass is 10.1. The molecule has 0 saturated carbocycles. The number of ketones is 1. The number of rotatable bonds is 0. The van der Waals surface area contributed by atoms with Gasteiger partial charge < -0.3 is 4.74 Å². The Morgan fingerprint density at radius 2 is 2.00 bits per heavy atom. The smallest absolute Gasteiger partial charge is 0.293 e. The molecule has 3 heteroatoms. The average molecular weight is 149 g/mol. The molecule has 1 radical (unpaired) electrons. The Bertz CT molecular complexity index is 306. The maximum Gasteiger partial charge on any atom is 0.293 e. The van der Waals surface area contributed by atoms with Gasteiger partial charge in [-0.15, -0.1) is 0 Å². The van der Waals surface area contributed by atoms with Crippen LogP contribution in [0, 0.1) is 0 Å². The Labute approximate surface area is 63.2 Å². The molecule has 0 fully saturated rings. The zero-order valence-corrected chi connectivity index (χ0v) is 5.61. The molecule has 0 bridgehead atoms. The molecule has 1 aromatic rings.